The van der Waals surface area contributed by atoms with Crippen molar-refractivity contribution in [2.75, 3.05) is 26.2 Å². The van der Waals surface area contributed by atoms with E-state index in [4.69, 9.17) is 4.74 Å². The molecule has 7 heteroatoms. The lowest BCUT2D eigenvalue weighted by molar-refractivity contribution is -0.135. The molecule has 3 amide bonds. The van der Waals surface area contributed by atoms with Gasteiger partial charge in [0.2, 0.25) is 5.91 Å². The fourth-order valence-corrected chi connectivity index (χ4v) is 5.24. The maximum Gasteiger partial charge on any atom is 0.318 e. The summed E-state index contributed by atoms with van der Waals surface area (Å²) in [6, 6.07) is 9.98. The fraction of sp³-hybridized carbons (Fsp3) is 0.571. The normalized spacial score (nSPS) is 16.2. The van der Waals surface area contributed by atoms with Crippen molar-refractivity contribution in [3.05, 3.63) is 51.7 Å². The Labute approximate surface area is 214 Å². The molecule has 0 aliphatic carbocycles. The zero-order valence-electron chi connectivity index (χ0n) is 22.0. The molecule has 1 aromatic heterocycles. The van der Waals surface area contributed by atoms with Gasteiger partial charge in [-0.1, -0.05) is 46.2 Å². The third kappa shape index (κ3) is 7.23. The van der Waals surface area contributed by atoms with Crippen LogP contribution in [-0.2, 0) is 11.2 Å². The van der Waals surface area contributed by atoms with Crippen LogP contribution in [0.25, 0.3) is 0 Å². The summed E-state index contributed by atoms with van der Waals surface area (Å²) in [6.45, 7) is 14.1. The molecular formula is C28H41N3O3S. The molecular weight excluding hydrogens is 458 g/mol. The molecule has 1 aliphatic rings. The van der Waals surface area contributed by atoms with E-state index >= 15 is 0 Å². The van der Waals surface area contributed by atoms with Crippen molar-refractivity contribution in [1.82, 2.24) is 15.1 Å². The van der Waals surface area contributed by atoms with Gasteiger partial charge in [0.1, 0.15) is 18.9 Å². The minimum atomic E-state index is -0.181. The lowest BCUT2D eigenvalue weighted by Gasteiger charge is -2.37. The van der Waals surface area contributed by atoms with Crippen LogP contribution in [0.15, 0.2) is 35.7 Å². The van der Waals surface area contributed by atoms with Crippen LogP contribution in [-0.4, -0.2) is 54.0 Å². The second-order valence-electron chi connectivity index (χ2n) is 10.2. The Balaban J connectivity index is 1.75. The summed E-state index contributed by atoms with van der Waals surface area (Å²) in [5.74, 6) is 1.56. The summed E-state index contributed by atoms with van der Waals surface area (Å²) < 4.78 is 6.19. The number of ether oxygens (including phenoxy) is 1. The summed E-state index contributed by atoms with van der Waals surface area (Å²) in [5.41, 5.74) is 2.43. The highest BCUT2D eigenvalue weighted by Gasteiger charge is 2.33. The first-order valence-corrected chi connectivity index (χ1v) is 13.7. The van der Waals surface area contributed by atoms with Crippen LogP contribution in [0.4, 0.5) is 4.79 Å². The van der Waals surface area contributed by atoms with Gasteiger partial charge < -0.3 is 19.9 Å². The summed E-state index contributed by atoms with van der Waals surface area (Å²) in [5, 5.41) is 5.05. The quantitative estimate of drug-likeness (QED) is 0.447. The minimum Gasteiger partial charge on any atom is -0.491 e. The number of fused-ring (bicyclic) bond motifs is 1. The number of amides is 3. The van der Waals surface area contributed by atoms with Crippen LogP contribution in [0.1, 0.15) is 75.9 Å². The first-order chi connectivity index (χ1) is 16.7. The second kappa shape index (κ2) is 12.4. The number of hydrogen-bond acceptors (Lipinski definition) is 4. The molecule has 2 heterocycles. The monoisotopic (exact) mass is 499 g/mol. The Morgan fingerprint density at radius 1 is 1.14 bits per heavy atom. The van der Waals surface area contributed by atoms with E-state index < -0.39 is 0 Å². The average molecular weight is 500 g/mol. The van der Waals surface area contributed by atoms with Gasteiger partial charge in [-0.05, 0) is 66.8 Å². The van der Waals surface area contributed by atoms with Crippen molar-refractivity contribution in [2.24, 2.45) is 5.92 Å². The Kier molecular flexibility index (Phi) is 9.61. The largest absolute Gasteiger partial charge is 0.491 e. The van der Waals surface area contributed by atoms with Crippen molar-refractivity contribution in [1.29, 1.82) is 0 Å². The first kappa shape index (κ1) is 27.1. The zero-order chi connectivity index (χ0) is 25.5. The molecule has 2 atom stereocenters. The van der Waals surface area contributed by atoms with E-state index in [0.29, 0.717) is 31.5 Å². The van der Waals surface area contributed by atoms with Crippen LogP contribution in [0.3, 0.4) is 0 Å². The van der Waals surface area contributed by atoms with Crippen molar-refractivity contribution in [3.8, 4) is 5.75 Å². The Morgan fingerprint density at radius 2 is 1.86 bits per heavy atom. The Morgan fingerprint density at radius 3 is 2.49 bits per heavy atom. The molecule has 192 valence electrons. The van der Waals surface area contributed by atoms with Crippen LogP contribution >= 0.6 is 11.3 Å². The number of nitrogens with zero attached hydrogens (tertiary/aromatic N) is 2. The molecule has 1 aromatic carbocycles. The number of carbonyl (C=O) groups excluding carboxylic acids is 2. The highest BCUT2D eigenvalue weighted by Crippen LogP contribution is 2.34. The molecule has 1 N–H and O–H groups in total. The molecule has 35 heavy (non-hydrogen) atoms. The van der Waals surface area contributed by atoms with E-state index in [9.17, 15) is 9.59 Å². The van der Waals surface area contributed by atoms with Crippen molar-refractivity contribution in [3.63, 3.8) is 0 Å². The zero-order valence-corrected chi connectivity index (χ0v) is 22.9. The van der Waals surface area contributed by atoms with Crippen molar-refractivity contribution in [2.45, 2.75) is 72.4 Å². The first-order valence-electron chi connectivity index (χ1n) is 12.8. The third-order valence-electron chi connectivity index (χ3n) is 6.62. The van der Waals surface area contributed by atoms with Crippen molar-refractivity contribution >= 4 is 23.3 Å². The molecule has 0 bridgehead atoms. The number of nitrogens with one attached hydrogen (secondary N) is 1. The molecule has 0 spiro atoms. The van der Waals surface area contributed by atoms with Gasteiger partial charge in [0.25, 0.3) is 0 Å². The van der Waals surface area contributed by atoms with Gasteiger partial charge in [0.05, 0.1) is 6.04 Å². The van der Waals surface area contributed by atoms with Gasteiger partial charge in [0, 0.05) is 24.0 Å². The fourth-order valence-electron chi connectivity index (χ4n) is 4.32. The van der Waals surface area contributed by atoms with Gasteiger partial charge in [-0.25, -0.2) is 4.79 Å². The highest BCUT2D eigenvalue weighted by atomic mass is 32.1. The molecule has 2 aromatic rings. The summed E-state index contributed by atoms with van der Waals surface area (Å²) in [7, 11) is 0. The molecule has 0 fully saturated rings. The van der Waals surface area contributed by atoms with E-state index in [1.165, 1.54) is 10.4 Å². The maximum absolute atomic E-state index is 13.6. The Hall–Kier alpha value is -2.54. The van der Waals surface area contributed by atoms with Crippen LogP contribution in [0, 0.1) is 5.92 Å². The number of rotatable bonds is 10. The summed E-state index contributed by atoms with van der Waals surface area (Å²) >= 11 is 1.74. The van der Waals surface area contributed by atoms with Gasteiger partial charge in [-0.3, -0.25) is 4.79 Å². The Bertz CT molecular complexity index is 970. The van der Waals surface area contributed by atoms with Crippen LogP contribution in [0.5, 0.6) is 5.75 Å². The van der Waals surface area contributed by atoms with E-state index in [-0.39, 0.29) is 30.6 Å². The molecule has 0 saturated heterocycles. The second-order valence-corrected chi connectivity index (χ2v) is 11.2. The molecule has 0 radical (unpaired) electrons. The van der Waals surface area contributed by atoms with Gasteiger partial charge in [-0.15, -0.1) is 11.3 Å². The number of thiophene rings is 1. The van der Waals surface area contributed by atoms with Gasteiger partial charge in [0.15, 0.2) is 0 Å². The molecule has 0 unspecified atom stereocenters. The maximum atomic E-state index is 13.6. The van der Waals surface area contributed by atoms with E-state index in [1.54, 1.807) is 16.2 Å². The summed E-state index contributed by atoms with van der Waals surface area (Å²) in [4.78, 5) is 31.4. The van der Waals surface area contributed by atoms with E-state index in [0.717, 1.165) is 24.2 Å². The predicted octanol–water partition coefficient (Wildman–Crippen LogP) is 5.84. The summed E-state index contributed by atoms with van der Waals surface area (Å²) in [6.07, 6.45) is 1.79. The smallest absolute Gasteiger partial charge is 0.318 e. The number of benzene rings is 1. The standard InChI is InChI=1S/C28H41N3O3S/c1-7-21(6)16-30(28(33)29-20(4)5)17-27(32)31-14-12-26-24(13-15-35-26)25(31)18-34-23-10-8-22(9-11-23)19(2)3/h8-11,13,15,19-21,25H,7,12,14,16-18H2,1-6H3,(H,29,33)/t21-,25-/m0/s1. The molecule has 1 aliphatic heterocycles. The van der Waals surface area contributed by atoms with E-state index in [1.807, 2.05) is 30.9 Å². The average Bonchev–Trinajstić information content (AvgIpc) is 3.30. The van der Waals surface area contributed by atoms with Gasteiger partial charge >= 0.3 is 6.03 Å². The molecule has 6 nitrogen and oxygen atoms in total. The van der Waals surface area contributed by atoms with Crippen molar-refractivity contribution < 1.29 is 14.3 Å². The minimum absolute atomic E-state index is 0.0172. The predicted molar refractivity (Wildman–Crippen MR) is 143 cm³/mol. The van der Waals surface area contributed by atoms with Crippen LogP contribution in [0.2, 0.25) is 0 Å². The number of carbonyl (C=O) groups is 2. The van der Waals surface area contributed by atoms with Crippen LogP contribution < -0.4 is 10.1 Å². The SMILES string of the molecule is CC[C@H](C)CN(CC(=O)N1CCc2sccc2[C@@H]1COc1ccc(C(C)C)cc1)C(=O)NC(C)C. The molecule has 0 saturated carbocycles. The molecule has 3 rings (SSSR count). The third-order valence-corrected chi connectivity index (χ3v) is 7.62. The number of urea groups is 1. The lowest BCUT2D eigenvalue weighted by atomic mass is 10.00. The topological polar surface area (TPSA) is 61.9 Å². The highest BCUT2D eigenvalue weighted by molar-refractivity contribution is 7.10. The van der Waals surface area contributed by atoms with E-state index in [2.05, 4.69) is 56.6 Å². The number of hydrogen-bond donors (Lipinski definition) is 1. The lowest BCUT2D eigenvalue weighted by Crippen LogP contribution is -2.51. The van der Waals surface area contributed by atoms with Gasteiger partial charge in [-0.2, -0.15) is 0 Å².